The highest BCUT2D eigenvalue weighted by Gasteiger charge is 2.10. The molecule has 0 aliphatic heterocycles. The van der Waals surface area contributed by atoms with Gasteiger partial charge in [0.15, 0.2) is 5.76 Å². The molecule has 1 N–H and O–H groups in total. The number of benzene rings is 1. The van der Waals surface area contributed by atoms with Gasteiger partial charge in [-0.1, -0.05) is 11.3 Å². The third-order valence-electron chi connectivity index (χ3n) is 2.74. The molecule has 3 rings (SSSR count). The molecule has 0 atom stereocenters. The Labute approximate surface area is 128 Å². The summed E-state index contributed by atoms with van der Waals surface area (Å²) < 4.78 is 11.1. The van der Waals surface area contributed by atoms with Gasteiger partial charge in [-0.15, -0.1) is 0 Å². The highest BCUT2D eigenvalue weighted by Crippen LogP contribution is 2.29. The zero-order chi connectivity index (χ0) is 15.5. The Hall–Kier alpha value is -2.94. The van der Waals surface area contributed by atoms with Gasteiger partial charge < -0.3 is 9.15 Å². The normalized spacial score (nSPS) is 11.1. The van der Waals surface area contributed by atoms with Crippen molar-refractivity contribution >= 4 is 38.8 Å². The summed E-state index contributed by atoms with van der Waals surface area (Å²) in [6.45, 7) is 0. The topological polar surface area (TPSA) is 103 Å². The Morgan fingerprint density at radius 3 is 3.05 bits per heavy atom. The number of rotatable bonds is 5. The number of furan rings is 1. The van der Waals surface area contributed by atoms with Crippen molar-refractivity contribution < 1.29 is 14.1 Å². The Bertz CT molecular complexity index is 855. The fourth-order valence-corrected chi connectivity index (χ4v) is 2.58. The van der Waals surface area contributed by atoms with E-state index < -0.39 is 4.92 Å². The lowest BCUT2D eigenvalue weighted by molar-refractivity contribution is -0.402. The van der Waals surface area contributed by atoms with Crippen LogP contribution in [0.25, 0.3) is 10.2 Å². The molecule has 8 nitrogen and oxygen atoms in total. The highest BCUT2D eigenvalue weighted by molar-refractivity contribution is 7.22. The number of anilines is 1. The summed E-state index contributed by atoms with van der Waals surface area (Å²) in [7, 11) is 1.61. The molecule has 0 unspecified atom stereocenters. The molecule has 0 aliphatic rings. The maximum atomic E-state index is 10.5. The van der Waals surface area contributed by atoms with Gasteiger partial charge in [0.1, 0.15) is 10.7 Å². The van der Waals surface area contributed by atoms with Crippen LogP contribution in [0, 0.1) is 10.1 Å². The van der Waals surface area contributed by atoms with Crippen molar-refractivity contribution in [3.63, 3.8) is 0 Å². The lowest BCUT2D eigenvalue weighted by Crippen LogP contribution is -1.88. The molecule has 0 radical (unpaired) electrons. The van der Waals surface area contributed by atoms with Crippen LogP contribution >= 0.6 is 11.3 Å². The number of hydrogen-bond acceptors (Lipinski definition) is 8. The summed E-state index contributed by atoms with van der Waals surface area (Å²) in [4.78, 5) is 14.2. The van der Waals surface area contributed by atoms with E-state index in [0.717, 1.165) is 16.0 Å². The molecule has 9 heteroatoms. The van der Waals surface area contributed by atoms with E-state index in [1.807, 2.05) is 18.2 Å². The Kier molecular flexibility index (Phi) is 3.71. The van der Waals surface area contributed by atoms with Gasteiger partial charge in [-0.3, -0.25) is 15.5 Å². The first-order valence-corrected chi connectivity index (χ1v) is 6.95. The minimum Gasteiger partial charge on any atom is -0.497 e. The fourth-order valence-electron chi connectivity index (χ4n) is 1.74. The molecule has 3 aromatic rings. The third-order valence-corrected chi connectivity index (χ3v) is 3.66. The molecular formula is C13H10N4O4S. The smallest absolute Gasteiger partial charge is 0.433 e. The molecular weight excluding hydrogens is 308 g/mol. The zero-order valence-corrected chi connectivity index (χ0v) is 12.2. The molecule has 0 aliphatic carbocycles. The molecule has 1 aromatic carbocycles. The van der Waals surface area contributed by atoms with Crippen molar-refractivity contribution in [3.8, 4) is 5.75 Å². The van der Waals surface area contributed by atoms with E-state index in [1.165, 1.54) is 29.7 Å². The predicted molar refractivity (Wildman–Crippen MR) is 82.8 cm³/mol. The summed E-state index contributed by atoms with van der Waals surface area (Å²) in [5.41, 5.74) is 3.60. The minimum atomic E-state index is -0.605. The summed E-state index contributed by atoms with van der Waals surface area (Å²) >= 11 is 1.42. The molecule has 0 amide bonds. The second-order valence-electron chi connectivity index (χ2n) is 4.16. The van der Waals surface area contributed by atoms with Crippen molar-refractivity contribution in [1.82, 2.24) is 4.98 Å². The van der Waals surface area contributed by atoms with Crippen molar-refractivity contribution in [2.45, 2.75) is 0 Å². The molecule has 0 spiro atoms. The molecule has 0 saturated carbocycles. The summed E-state index contributed by atoms with van der Waals surface area (Å²) in [5, 5.41) is 15.0. The van der Waals surface area contributed by atoms with E-state index in [9.17, 15) is 10.1 Å². The van der Waals surface area contributed by atoms with Crippen LogP contribution in [-0.2, 0) is 0 Å². The Morgan fingerprint density at radius 1 is 1.45 bits per heavy atom. The largest absolute Gasteiger partial charge is 0.497 e. The van der Waals surface area contributed by atoms with E-state index in [1.54, 1.807) is 7.11 Å². The quantitative estimate of drug-likeness (QED) is 0.440. The van der Waals surface area contributed by atoms with Crippen LogP contribution in [0.1, 0.15) is 5.76 Å². The van der Waals surface area contributed by atoms with Crippen molar-refractivity contribution in [1.29, 1.82) is 0 Å². The van der Waals surface area contributed by atoms with E-state index in [4.69, 9.17) is 9.15 Å². The van der Waals surface area contributed by atoms with Gasteiger partial charge in [-0.25, -0.2) is 4.98 Å². The number of nitro groups is 1. The number of hydrogen-bond donors (Lipinski definition) is 1. The van der Waals surface area contributed by atoms with E-state index >= 15 is 0 Å². The van der Waals surface area contributed by atoms with E-state index in [0.29, 0.717) is 5.13 Å². The van der Waals surface area contributed by atoms with E-state index in [2.05, 4.69) is 15.5 Å². The summed E-state index contributed by atoms with van der Waals surface area (Å²) in [5.74, 6) is 0.713. The third kappa shape index (κ3) is 2.88. The minimum absolute atomic E-state index is 0.280. The Morgan fingerprint density at radius 2 is 2.32 bits per heavy atom. The van der Waals surface area contributed by atoms with Gasteiger partial charge in [0.25, 0.3) is 0 Å². The number of fused-ring (bicyclic) bond motifs is 1. The van der Waals surface area contributed by atoms with Gasteiger partial charge >= 0.3 is 5.88 Å². The maximum absolute atomic E-state index is 10.5. The average molecular weight is 318 g/mol. The molecule has 0 bridgehead atoms. The lowest BCUT2D eigenvalue weighted by atomic mass is 10.3. The SMILES string of the molecule is COc1ccc2nc(N/N=C\c3ccc([N+](=O)[O-])o3)sc2c1. The fraction of sp³-hybridized carbons (Fsp3) is 0.0769. The summed E-state index contributed by atoms with van der Waals surface area (Å²) in [6.07, 6.45) is 1.35. The Balaban J connectivity index is 1.72. The van der Waals surface area contributed by atoms with E-state index in [-0.39, 0.29) is 11.6 Å². The number of nitrogens with zero attached hydrogens (tertiary/aromatic N) is 3. The van der Waals surface area contributed by atoms with Crippen molar-refractivity contribution in [2.75, 3.05) is 12.5 Å². The predicted octanol–water partition coefficient (Wildman–Crippen LogP) is 3.25. The van der Waals surface area contributed by atoms with Crippen LogP contribution in [0.4, 0.5) is 11.0 Å². The van der Waals surface area contributed by atoms with Gasteiger partial charge in [0.05, 0.1) is 29.6 Å². The lowest BCUT2D eigenvalue weighted by Gasteiger charge is -1.96. The number of nitrogens with one attached hydrogen (secondary N) is 1. The second kappa shape index (κ2) is 5.82. The number of thiazole rings is 1. The first kappa shape index (κ1) is 14.0. The molecule has 22 heavy (non-hydrogen) atoms. The highest BCUT2D eigenvalue weighted by atomic mass is 32.1. The second-order valence-corrected chi connectivity index (χ2v) is 5.19. The molecule has 0 saturated heterocycles. The van der Waals surface area contributed by atoms with Crippen LogP contribution < -0.4 is 10.2 Å². The van der Waals surface area contributed by atoms with Gasteiger partial charge in [-0.05, 0) is 24.3 Å². The first-order valence-electron chi connectivity index (χ1n) is 6.13. The van der Waals surface area contributed by atoms with Gasteiger partial charge in [0.2, 0.25) is 5.13 Å². The standard InChI is InChI=1S/C13H10N4O4S/c1-20-8-2-4-10-11(6-8)22-13(15-10)16-14-7-9-3-5-12(21-9)17(18)19/h2-7H,1H3,(H,15,16)/b14-7-. The van der Waals surface area contributed by atoms with Crippen molar-refractivity contribution in [2.24, 2.45) is 5.10 Å². The zero-order valence-electron chi connectivity index (χ0n) is 11.3. The van der Waals surface area contributed by atoms with Crippen LogP contribution in [0.3, 0.4) is 0 Å². The maximum Gasteiger partial charge on any atom is 0.433 e. The van der Waals surface area contributed by atoms with Crippen LogP contribution in [0.2, 0.25) is 0 Å². The number of methoxy groups -OCH3 is 1. The average Bonchev–Trinajstić information content (AvgIpc) is 3.12. The number of ether oxygens (including phenoxy) is 1. The first-order chi connectivity index (χ1) is 10.7. The molecule has 2 aromatic heterocycles. The molecule has 0 fully saturated rings. The van der Waals surface area contributed by atoms with Crippen LogP contribution in [0.5, 0.6) is 5.75 Å². The van der Waals surface area contributed by atoms with Crippen LogP contribution in [0.15, 0.2) is 39.9 Å². The summed E-state index contributed by atoms with van der Waals surface area (Å²) in [6, 6.07) is 8.31. The van der Waals surface area contributed by atoms with Gasteiger partial charge in [0, 0.05) is 0 Å². The number of hydrazone groups is 1. The van der Waals surface area contributed by atoms with Gasteiger partial charge in [-0.2, -0.15) is 5.10 Å². The molecule has 2 heterocycles. The molecule has 112 valence electrons. The number of aromatic nitrogens is 1. The monoisotopic (exact) mass is 318 g/mol. The van der Waals surface area contributed by atoms with Crippen molar-refractivity contribution in [3.05, 3.63) is 46.2 Å². The van der Waals surface area contributed by atoms with Crippen LogP contribution in [-0.4, -0.2) is 23.2 Å².